The first-order chi connectivity index (χ1) is 7.84. The monoisotopic (exact) mass is 219 g/mol. The molecule has 16 heavy (non-hydrogen) atoms. The molecule has 1 N–H and O–H groups in total. The Morgan fingerprint density at radius 3 is 3.06 bits per heavy atom. The first kappa shape index (κ1) is 11.6. The van der Waals surface area contributed by atoms with Gasteiger partial charge in [-0.3, -0.25) is 0 Å². The van der Waals surface area contributed by atoms with Crippen molar-refractivity contribution < 1.29 is 4.74 Å². The van der Waals surface area contributed by atoms with Gasteiger partial charge in [-0.05, 0) is 31.7 Å². The number of nitrogens with one attached hydrogen (secondary N) is 1. The zero-order valence-corrected chi connectivity index (χ0v) is 10.0. The Balaban J connectivity index is 1.71. The van der Waals surface area contributed by atoms with Gasteiger partial charge in [-0.15, -0.1) is 0 Å². The molecule has 88 valence electrons. The fourth-order valence-electron chi connectivity index (χ4n) is 2.17. The topological polar surface area (TPSA) is 21.3 Å². The summed E-state index contributed by atoms with van der Waals surface area (Å²) in [4.78, 5) is 0. The van der Waals surface area contributed by atoms with E-state index in [0.29, 0.717) is 6.10 Å². The minimum Gasteiger partial charge on any atom is -0.377 e. The Morgan fingerprint density at radius 1 is 1.38 bits per heavy atom. The van der Waals surface area contributed by atoms with Crippen LogP contribution in [0.2, 0.25) is 0 Å². The summed E-state index contributed by atoms with van der Waals surface area (Å²) >= 11 is 0. The molecule has 0 spiro atoms. The first-order valence-electron chi connectivity index (χ1n) is 6.22. The van der Waals surface area contributed by atoms with Crippen LogP contribution in [0, 0.1) is 6.92 Å². The van der Waals surface area contributed by atoms with Gasteiger partial charge in [0.2, 0.25) is 0 Å². The molecule has 0 aliphatic carbocycles. The van der Waals surface area contributed by atoms with Crippen molar-refractivity contribution in [3.8, 4) is 0 Å². The molecule has 1 aromatic rings. The van der Waals surface area contributed by atoms with Gasteiger partial charge < -0.3 is 10.1 Å². The van der Waals surface area contributed by atoms with E-state index < -0.39 is 0 Å². The van der Waals surface area contributed by atoms with Crippen molar-refractivity contribution in [1.82, 2.24) is 5.32 Å². The van der Waals surface area contributed by atoms with Crippen LogP contribution in [0.4, 0.5) is 0 Å². The molecule has 2 heteroatoms. The second-order valence-corrected chi connectivity index (χ2v) is 4.61. The molecule has 1 aliphatic rings. The number of aryl methyl sites for hydroxylation is 1. The van der Waals surface area contributed by atoms with Gasteiger partial charge in [0.05, 0.1) is 6.10 Å². The molecular formula is C14H21NO. The van der Waals surface area contributed by atoms with Gasteiger partial charge in [-0.25, -0.2) is 0 Å². The largest absolute Gasteiger partial charge is 0.377 e. The molecule has 1 aliphatic heterocycles. The van der Waals surface area contributed by atoms with Gasteiger partial charge in [-0.1, -0.05) is 29.8 Å². The van der Waals surface area contributed by atoms with Crippen LogP contribution in [-0.2, 0) is 11.3 Å². The fourth-order valence-corrected chi connectivity index (χ4v) is 2.17. The summed E-state index contributed by atoms with van der Waals surface area (Å²) in [7, 11) is 0. The third-order valence-electron chi connectivity index (χ3n) is 3.06. The Kier molecular flexibility index (Phi) is 4.37. The molecule has 0 saturated carbocycles. The van der Waals surface area contributed by atoms with Gasteiger partial charge in [0, 0.05) is 19.7 Å². The molecule has 0 aromatic heterocycles. The van der Waals surface area contributed by atoms with Crippen molar-refractivity contribution in [1.29, 1.82) is 0 Å². The van der Waals surface area contributed by atoms with Crippen LogP contribution in [0.5, 0.6) is 0 Å². The standard InChI is InChI=1S/C14H21NO/c1-12-5-4-6-13(9-12)10-15-11-14-7-2-3-8-16-14/h4-6,9,14-15H,2-3,7-8,10-11H2,1H3. The summed E-state index contributed by atoms with van der Waals surface area (Å²) in [5.41, 5.74) is 2.68. The summed E-state index contributed by atoms with van der Waals surface area (Å²) in [5.74, 6) is 0. The lowest BCUT2D eigenvalue weighted by Gasteiger charge is -2.22. The zero-order valence-electron chi connectivity index (χ0n) is 10.0. The number of rotatable bonds is 4. The number of hydrogen-bond acceptors (Lipinski definition) is 2. The third kappa shape index (κ3) is 3.62. The molecule has 0 bridgehead atoms. The van der Waals surface area contributed by atoms with Gasteiger partial charge in [0.15, 0.2) is 0 Å². The van der Waals surface area contributed by atoms with Crippen LogP contribution in [0.3, 0.4) is 0 Å². The van der Waals surface area contributed by atoms with E-state index in [-0.39, 0.29) is 0 Å². The maximum Gasteiger partial charge on any atom is 0.0699 e. The van der Waals surface area contributed by atoms with Gasteiger partial charge in [0.25, 0.3) is 0 Å². The van der Waals surface area contributed by atoms with Crippen molar-refractivity contribution in [2.24, 2.45) is 0 Å². The summed E-state index contributed by atoms with van der Waals surface area (Å²) in [6.07, 6.45) is 4.19. The van der Waals surface area contributed by atoms with Crippen molar-refractivity contribution in [2.45, 2.75) is 38.8 Å². The minimum atomic E-state index is 0.429. The predicted octanol–water partition coefficient (Wildman–Crippen LogP) is 2.65. The minimum absolute atomic E-state index is 0.429. The number of ether oxygens (including phenoxy) is 1. The van der Waals surface area contributed by atoms with E-state index >= 15 is 0 Å². The van der Waals surface area contributed by atoms with E-state index in [1.54, 1.807) is 0 Å². The maximum absolute atomic E-state index is 5.68. The Labute approximate surface area is 98.0 Å². The van der Waals surface area contributed by atoms with Crippen LogP contribution in [0.25, 0.3) is 0 Å². The molecule has 2 rings (SSSR count). The van der Waals surface area contributed by atoms with Gasteiger partial charge in [0.1, 0.15) is 0 Å². The highest BCUT2D eigenvalue weighted by atomic mass is 16.5. The molecule has 0 amide bonds. The second kappa shape index (κ2) is 6.02. The van der Waals surface area contributed by atoms with E-state index in [1.165, 1.54) is 30.4 Å². The lowest BCUT2D eigenvalue weighted by Crippen LogP contribution is -2.31. The average molecular weight is 219 g/mol. The first-order valence-corrected chi connectivity index (χ1v) is 6.22. The smallest absolute Gasteiger partial charge is 0.0699 e. The third-order valence-corrected chi connectivity index (χ3v) is 3.06. The Bertz CT molecular complexity index is 318. The quantitative estimate of drug-likeness (QED) is 0.840. The van der Waals surface area contributed by atoms with Gasteiger partial charge >= 0.3 is 0 Å². The molecule has 1 fully saturated rings. The van der Waals surface area contributed by atoms with E-state index in [9.17, 15) is 0 Å². The molecular weight excluding hydrogens is 198 g/mol. The molecule has 2 nitrogen and oxygen atoms in total. The molecule has 0 radical (unpaired) electrons. The summed E-state index contributed by atoms with van der Waals surface area (Å²) in [6, 6.07) is 8.65. The van der Waals surface area contributed by atoms with E-state index in [0.717, 1.165) is 19.7 Å². The SMILES string of the molecule is Cc1cccc(CNCC2CCCCO2)c1. The van der Waals surface area contributed by atoms with E-state index in [1.807, 2.05) is 0 Å². The van der Waals surface area contributed by atoms with Crippen LogP contribution in [-0.4, -0.2) is 19.3 Å². The lowest BCUT2D eigenvalue weighted by molar-refractivity contribution is 0.0168. The van der Waals surface area contributed by atoms with E-state index in [2.05, 4.69) is 36.5 Å². The Morgan fingerprint density at radius 2 is 2.31 bits per heavy atom. The summed E-state index contributed by atoms with van der Waals surface area (Å²) < 4.78 is 5.68. The summed E-state index contributed by atoms with van der Waals surface area (Å²) in [5, 5.41) is 3.47. The number of benzene rings is 1. The Hall–Kier alpha value is -0.860. The highest BCUT2D eigenvalue weighted by Gasteiger charge is 2.12. The van der Waals surface area contributed by atoms with Crippen molar-refractivity contribution in [3.05, 3.63) is 35.4 Å². The van der Waals surface area contributed by atoms with Crippen LogP contribution in [0.1, 0.15) is 30.4 Å². The molecule has 1 saturated heterocycles. The molecule has 1 unspecified atom stereocenters. The van der Waals surface area contributed by atoms with Crippen LogP contribution >= 0.6 is 0 Å². The van der Waals surface area contributed by atoms with Gasteiger partial charge in [-0.2, -0.15) is 0 Å². The molecule has 1 aromatic carbocycles. The maximum atomic E-state index is 5.68. The summed E-state index contributed by atoms with van der Waals surface area (Å²) in [6.45, 7) is 5.00. The zero-order chi connectivity index (χ0) is 11.2. The number of hydrogen-bond donors (Lipinski definition) is 1. The molecule has 1 atom stereocenters. The van der Waals surface area contributed by atoms with Crippen molar-refractivity contribution >= 4 is 0 Å². The normalized spacial score (nSPS) is 20.9. The fraction of sp³-hybridized carbons (Fsp3) is 0.571. The molecule has 1 heterocycles. The van der Waals surface area contributed by atoms with Crippen molar-refractivity contribution in [3.63, 3.8) is 0 Å². The predicted molar refractivity (Wildman–Crippen MR) is 66.5 cm³/mol. The average Bonchev–Trinajstić information content (AvgIpc) is 2.30. The highest BCUT2D eigenvalue weighted by molar-refractivity contribution is 5.21. The van der Waals surface area contributed by atoms with Crippen LogP contribution in [0.15, 0.2) is 24.3 Å². The van der Waals surface area contributed by atoms with Crippen LogP contribution < -0.4 is 5.32 Å². The highest BCUT2D eigenvalue weighted by Crippen LogP contribution is 2.12. The van der Waals surface area contributed by atoms with E-state index in [4.69, 9.17) is 4.74 Å². The lowest BCUT2D eigenvalue weighted by atomic mass is 10.1. The second-order valence-electron chi connectivity index (χ2n) is 4.61. The van der Waals surface area contributed by atoms with Crippen molar-refractivity contribution in [2.75, 3.05) is 13.2 Å².